The molecule has 1 aromatic carbocycles. The molecule has 0 radical (unpaired) electrons. The van der Waals surface area contributed by atoms with Gasteiger partial charge in [0.1, 0.15) is 18.0 Å². The molecule has 0 bridgehead atoms. The zero-order valence-electron chi connectivity index (χ0n) is 12.9. The molecule has 6 nitrogen and oxygen atoms in total. The van der Waals surface area contributed by atoms with Gasteiger partial charge in [-0.3, -0.25) is 4.79 Å². The molecule has 2 N–H and O–H groups in total. The number of rotatable bonds is 5. The monoisotopic (exact) mass is 461 g/mol. The standard InChI is InChI=1S/C17H13Br2N5O/c18-6-2-5-16(25)24-15-8-13-14(9-20-15)21-10-22-17(13)23-12-4-1-3-11(19)7-12/h1-5,7-10H,6H2,(H,20,24,25)(H,21,22,23)/b5-2-. The number of anilines is 3. The van der Waals surface area contributed by atoms with Gasteiger partial charge in [-0.25, -0.2) is 15.0 Å². The second-order valence-electron chi connectivity index (χ2n) is 4.99. The van der Waals surface area contributed by atoms with Gasteiger partial charge in [0.15, 0.2) is 0 Å². The van der Waals surface area contributed by atoms with Crippen molar-refractivity contribution in [3.8, 4) is 0 Å². The Kier molecular flexibility index (Phi) is 5.72. The van der Waals surface area contributed by atoms with Crippen molar-refractivity contribution in [2.24, 2.45) is 0 Å². The lowest BCUT2D eigenvalue weighted by Crippen LogP contribution is -2.09. The van der Waals surface area contributed by atoms with Crippen molar-refractivity contribution >= 4 is 66.0 Å². The maximum Gasteiger partial charge on any atom is 0.249 e. The van der Waals surface area contributed by atoms with Crippen LogP contribution in [0.4, 0.5) is 17.3 Å². The average molecular weight is 463 g/mol. The van der Waals surface area contributed by atoms with Crippen LogP contribution in [0, 0.1) is 0 Å². The first-order valence-electron chi connectivity index (χ1n) is 7.32. The van der Waals surface area contributed by atoms with E-state index in [1.54, 1.807) is 18.3 Å². The summed E-state index contributed by atoms with van der Waals surface area (Å²) in [5.41, 5.74) is 1.57. The largest absolute Gasteiger partial charge is 0.340 e. The van der Waals surface area contributed by atoms with E-state index in [4.69, 9.17) is 0 Å². The zero-order chi connectivity index (χ0) is 17.6. The van der Waals surface area contributed by atoms with Crippen LogP contribution in [0.15, 0.2) is 59.5 Å². The van der Waals surface area contributed by atoms with Gasteiger partial charge in [-0.15, -0.1) is 0 Å². The lowest BCUT2D eigenvalue weighted by Gasteiger charge is -2.09. The number of amides is 1. The van der Waals surface area contributed by atoms with Gasteiger partial charge in [0.25, 0.3) is 0 Å². The SMILES string of the molecule is O=C(/C=C\CBr)Nc1cc2c(Nc3cccc(Br)c3)ncnc2cn1. The summed E-state index contributed by atoms with van der Waals surface area (Å²) in [6.07, 6.45) is 6.23. The van der Waals surface area contributed by atoms with Crippen LogP contribution in [0.2, 0.25) is 0 Å². The highest BCUT2D eigenvalue weighted by atomic mass is 79.9. The number of hydrogen-bond acceptors (Lipinski definition) is 5. The molecule has 3 rings (SSSR count). The molecule has 8 heteroatoms. The summed E-state index contributed by atoms with van der Waals surface area (Å²) >= 11 is 6.68. The molecule has 126 valence electrons. The molecule has 0 unspecified atom stereocenters. The summed E-state index contributed by atoms with van der Waals surface area (Å²) in [5.74, 6) is 0.825. The number of carbonyl (C=O) groups excluding carboxylic acids is 1. The van der Waals surface area contributed by atoms with Gasteiger partial charge in [0, 0.05) is 27.0 Å². The topological polar surface area (TPSA) is 79.8 Å². The summed E-state index contributed by atoms with van der Waals surface area (Å²) in [5, 5.41) is 7.35. The number of fused-ring (bicyclic) bond motifs is 1. The Bertz CT molecular complexity index is 945. The Morgan fingerprint density at radius 1 is 1.20 bits per heavy atom. The van der Waals surface area contributed by atoms with Crippen molar-refractivity contribution in [1.82, 2.24) is 15.0 Å². The van der Waals surface area contributed by atoms with Crippen LogP contribution in [-0.4, -0.2) is 26.2 Å². The minimum atomic E-state index is -0.246. The molecule has 0 aliphatic rings. The van der Waals surface area contributed by atoms with E-state index in [-0.39, 0.29) is 5.91 Å². The molecular formula is C17H13Br2N5O. The van der Waals surface area contributed by atoms with Gasteiger partial charge in [-0.05, 0) is 24.3 Å². The minimum Gasteiger partial charge on any atom is -0.340 e. The molecule has 0 saturated carbocycles. The quantitative estimate of drug-likeness (QED) is 0.433. The summed E-state index contributed by atoms with van der Waals surface area (Å²) < 4.78 is 0.962. The molecule has 3 aromatic rings. The summed E-state index contributed by atoms with van der Waals surface area (Å²) in [6.45, 7) is 0. The predicted molar refractivity (Wildman–Crippen MR) is 106 cm³/mol. The molecular weight excluding hydrogens is 450 g/mol. The number of nitrogens with one attached hydrogen (secondary N) is 2. The maximum absolute atomic E-state index is 11.8. The van der Waals surface area contributed by atoms with Gasteiger partial charge in [0.05, 0.1) is 11.7 Å². The fourth-order valence-corrected chi connectivity index (χ4v) is 2.74. The zero-order valence-corrected chi connectivity index (χ0v) is 16.1. The van der Waals surface area contributed by atoms with Crippen molar-refractivity contribution in [2.45, 2.75) is 0 Å². The maximum atomic E-state index is 11.8. The molecule has 0 saturated heterocycles. The third-order valence-electron chi connectivity index (χ3n) is 3.22. The molecule has 0 aliphatic heterocycles. The average Bonchev–Trinajstić information content (AvgIpc) is 2.60. The van der Waals surface area contributed by atoms with E-state index in [0.29, 0.717) is 22.5 Å². The van der Waals surface area contributed by atoms with E-state index in [9.17, 15) is 4.79 Å². The normalized spacial score (nSPS) is 11.0. The molecule has 0 aliphatic carbocycles. The number of halogens is 2. The smallest absolute Gasteiger partial charge is 0.249 e. The summed E-state index contributed by atoms with van der Waals surface area (Å²) in [4.78, 5) is 24.5. The molecule has 0 fully saturated rings. The number of allylic oxidation sites excluding steroid dienone is 1. The van der Waals surface area contributed by atoms with Crippen LogP contribution in [0.5, 0.6) is 0 Å². The fraction of sp³-hybridized carbons (Fsp3) is 0.0588. The summed E-state index contributed by atoms with van der Waals surface area (Å²) in [6, 6.07) is 9.51. The number of carbonyl (C=O) groups is 1. The first kappa shape index (κ1) is 17.5. The minimum absolute atomic E-state index is 0.246. The molecule has 2 heterocycles. The number of aromatic nitrogens is 3. The van der Waals surface area contributed by atoms with Crippen molar-refractivity contribution in [3.63, 3.8) is 0 Å². The van der Waals surface area contributed by atoms with Gasteiger partial charge in [0.2, 0.25) is 5.91 Å². The van der Waals surface area contributed by atoms with Crippen molar-refractivity contribution < 1.29 is 4.79 Å². The number of benzene rings is 1. The van der Waals surface area contributed by atoms with Gasteiger partial charge in [-0.2, -0.15) is 0 Å². The van der Waals surface area contributed by atoms with Crippen LogP contribution in [0.25, 0.3) is 10.9 Å². The van der Waals surface area contributed by atoms with Crippen LogP contribution in [0.3, 0.4) is 0 Å². The Hall–Kier alpha value is -2.32. The summed E-state index contributed by atoms with van der Waals surface area (Å²) in [7, 11) is 0. The van der Waals surface area contributed by atoms with Crippen molar-refractivity contribution in [2.75, 3.05) is 16.0 Å². The van der Waals surface area contributed by atoms with E-state index in [2.05, 4.69) is 57.4 Å². The highest BCUT2D eigenvalue weighted by Gasteiger charge is 2.08. The van der Waals surface area contributed by atoms with E-state index >= 15 is 0 Å². The van der Waals surface area contributed by atoms with Gasteiger partial charge < -0.3 is 10.6 Å². The molecule has 25 heavy (non-hydrogen) atoms. The van der Waals surface area contributed by atoms with Crippen LogP contribution < -0.4 is 10.6 Å². The number of pyridine rings is 1. The van der Waals surface area contributed by atoms with E-state index in [0.717, 1.165) is 15.5 Å². The first-order chi connectivity index (χ1) is 12.2. The third-order valence-corrected chi connectivity index (χ3v) is 4.09. The molecule has 0 spiro atoms. The van der Waals surface area contributed by atoms with Crippen LogP contribution >= 0.6 is 31.9 Å². The van der Waals surface area contributed by atoms with Crippen molar-refractivity contribution in [3.05, 3.63) is 59.5 Å². The van der Waals surface area contributed by atoms with E-state index in [1.807, 2.05) is 24.3 Å². The molecule has 0 atom stereocenters. The Labute approximate surface area is 161 Å². The highest BCUT2D eigenvalue weighted by molar-refractivity contribution is 9.10. The van der Waals surface area contributed by atoms with Gasteiger partial charge in [-0.1, -0.05) is 44.0 Å². The van der Waals surface area contributed by atoms with E-state index < -0.39 is 0 Å². The fourth-order valence-electron chi connectivity index (χ4n) is 2.15. The molecule has 2 aromatic heterocycles. The number of hydrogen-bond donors (Lipinski definition) is 2. The van der Waals surface area contributed by atoms with E-state index in [1.165, 1.54) is 12.4 Å². The number of alkyl halides is 1. The third kappa shape index (κ3) is 4.61. The van der Waals surface area contributed by atoms with Crippen LogP contribution in [-0.2, 0) is 4.79 Å². The van der Waals surface area contributed by atoms with Crippen molar-refractivity contribution in [1.29, 1.82) is 0 Å². The Balaban J connectivity index is 1.92. The second kappa shape index (κ2) is 8.17. The predicted octanol–water partition coefficient (Wildman–Crippen LogP) is 4.42. The molecule has 1 amide bonds. The van der Waals surface area contributed by atoms with Crippen LogP contribution in [0.1, 0.15) is 0 Å². The first-order valence-corrected chi connectivity index (χ1v) is 9.24. The Morgan fingerprint density at radius 2 is 2.08 bits per heavy atom. The lowest BCUT2D eigenvalue weighted by atomic mass is 10.2. The Morgan fingerprint density at radius 3 is 2.88 bits per heavy atom. The highest BCUT2D eigenvalue weighted by Crippen LogP contribution is 2.25. The number of nitrogens with zero attached hydrogens (tertiary/aromatic N) is 3. The lowest BCUT2D eigenvalue weighted by molar-refractivity contribution is -0.111. The second-order valence-corrected chi connectivity index (χ2v) is 6.55. The van der Waals surface area contributed by atoms with Gasteiger partial charge >= 0.3 is 0 Å².